The van der Waals surface area contributed by atoms with E-state index in [1.165, 1.54) is 29.2 Å². The minimum absolute atomic E-state index is 0.174. The number of amides is 2. The minimum Gasteiger partial charge on any atom is -0.347 e. The standard InChI is InChI=1S/C26H19ClFN3O2S/c27-19-8-4-7-18(13-19)14-23-25(33)31(21-11-9-20(28)10-12-21)26(34-23)22(15-29)24(32)30-16-17-5-2-1-3-6-17/h1-13,23H,14,16H2,(H,30,32)/b26-22-. The second-order valence-electron chi connectivity index (χ2n) is 7.55. The molecule has 0 saturated carbocycles. The van der Waals surface area contributed by atoms with Crippen LogP contribution in [0.3, 0.4) is 0 Å². The van der Waals surface area contributed by atoms with Gasteiger partial charge in [-0.25, -0.2) is 4.39 Å². The molecule has 2 amide bonds. The number of hydrogen-bond donors (Lipinski definition) is 1. The maximum Gasteiger partial charge on any atom is 0.264 e. The zero-order chi connectivity index (χ0) is 24.1. The average molecular weight is 492 g/mol. The molecule has 0 radical (unpaired) electrons. The fraction of sp³-hybridized carbons (Fsp3) is 0.115. The zero-order valence-corrected chi connectivity index (χ0v) is 19.4. The SMILES string of the molecule is N#C/C(C(=O)NCc1ccccc1)=C1/SC(Cc2cccc(Cl)c2)C(=O)N1c1ccc(F)cc1. The van der Waals surface area contributed by atoms with Crippen molar-refractivity contribution in [2.24, 2.45) is 0 Å². The van der Waals surface area contributed by atoms with Crippen molar-refractivity contribution < 1.29 is 14.0 Å². The summed E-state index contributed by atoms with van der Waals surface area (Å²) in [6.07, 6.45) is 0.357. The van der Waals surface area contributed by atoms with Gasteiger partial charge in [0, 0.05) is 17.3 Å². The van der Waals surface area contributed by atoms with Crippen LogP contribution in [0.4, 0.5) is 10.1 Å². The van der Waals surface area contributed by atoms with Crippen molar-refractivity contribution in [1.82, 2.24) is 5.32 Å². The lowest BCUT2D eigenvalue weighted by Gasteiger charge is -2.18. The van der Waals surface area contributed by atoms with E-state index >= 15 is 0 Å². The number of anilines is 1. The Balaban J connectivity index is 1.67. The zero-order valence-electron chi connectivity index (χ0n) is 17.9. The van der Waals surface area contributed by atoms with E-state index in [0.717, 1.165) is 22.9 Å². The van der Waals surface area contributed by atoms with E-state index in [2.05, 4.69) is 5.32 Å². The van der Waals surface area contributed by atoms with Crippen LogP contribution in [0.2, 0.25) is 5.02 Å². The Hall–Kier alpha value is -3.60. The molecule has 1 atom stereocenters. The number of benzene rings is 3. The highest BCUT2D eigenvalue weighted by atomic mass is 35.5. The van der Waals surface area contributed by atoms with Crippen LogP contribution in [0, 0.1) is 17.1 Å². The van der Waals surface area contributed by atoms with E-state index in [1.54, 1.807) is 18.2 Å². The summed E-state index contributed by atoms with van der Waals surface area (Å²) in [4.78, 5) is 27.7. The molecule has 1 saturated heterocycles. The Labute approximate surface area is 205 Å². The second kappa shape index (κ2) is 10.6. The van der Waals surface area contributed by atoms with Gasteiger partial charge in [-0.2, -0.15) is 5.26 Å². The number of carbonyl (C=O) groups excluding carboxylic acids is 2. The molecule has 3 aromatic carbocycles. The molecule has 0 bridgehead atoms. The summed E-state index contributed by atoms with van der Waals surface area (Å²) in [7, 11) is 0. The van der Waals surface area contributed by atoms with Crippen LogP contribution in [-0.2, 0) is 22.6 Å². The van der Waals surface area contributed by atoms with Crippen LogP contribution < -0.4 is 10.2 Å². The second-order valence-corrected chi connectivity index (χ2v) is 9.18. The number of nitrogens with zero attached hydrogens (tertiary/aromatic N) is 2. The molecule has 1 unspecified atom stereocenters. The van der Waals surface area contributed by atoms with E-state index in [4.69, 9.17) is 11.6 Å². The van der Waals surface area contributed by atoms with Gasteiger partial charge in [0.1, 0.15) is 22.5 Å². The van der Waals surface area contributed by atoms with Crippen LogP contribution in [-0.4, -0.2) is 17.1 Å². The largest absolute Gasteiger partial charge is 0.347 e. The number of carbonyl (C=O) groups is 2. The predicted octanol–water partition coefficient (Wildman–Crippen LogP) is 5.22. The molecule has 8 heteroatoms. The van der Waals surface area contributed by atoms with Gasteiger partial charge < -0.3 is 5.32 Å². The van der Waals surface area contributed by atoms with E-state index < -0.39 is 17.0 Å². The molecule has 1 heterocycles. The Kier molecular flexibility index (Phi) is 7.31. The molecule has 34 heavy (non-hydrogen) atoms. The lowest BCUT2D eigenvalue weighted by atomic mass is 10.1. The summed E-state index contributed by atoms with van der Waals surface area (Å²) in [5.41, 5.74) is 1.94. The first-order valence-corrected chi connectivity index (χ1v) is 11.7. The third-order valence-electron chi connectivity index (χ3n) is 5.20. The quantitative estimate of drug-likeness (QED) is 0.379. The first kappa shape index (κ1) is 23.6. The number of halogens is 2. The highest BCUT2D eigenvalue weighted by Gasteiger charge is 2.40. The first-order chi connectivity index (χ1) is 16.5. The van der Waals surface area contributed by atoms with Gasteiger partial charge in [0.15, 0.2) is 0 Å². The van der Waals surface area contributed by atoms with E-state index in [1.807, 2.05) is 42.5 Å². The molecule has 1 aliphatic rings. The topological polar surface area (TPSA) is 73.2 Å². The van der Waals surface area contributed by atoms with Crippen LogP contribution in [0.1, 0.15) is 11.1 Å². The van der Waals surface area contributed by atoms with Crippen LogP contribution in [0.5, 0.6) is 0 Å². The van der Waals surface area contributed by atoms with Crippen LogP contribution in [0.25, 0.3) is 0 Å². The lowest BCUT2D eigenvalue weighted by molar-refractivity contribution is -0.117. The minimum atomic E-state index is -0.586. The highest BCUT2D eigenvalue weighted by Crippen LogP contribution is 2.42. The summed E-state index contributed by atoms with van der Waals surface area (Å²) in [5, 5.41) is 12.8. The molecular weight excluding hydrogens is 473 g/mol. The fourth-order valence-corrected chi connectivity index (χ4v) is 5.08. The van der Waals surface area contributed by atoms with Crippen molar-refractivity contribution >= 4 is 40.9 Å². The van der Waals surface area contributed by atoms with Gasteiger partial charge in [-0.1, -0.05) is 65.8 Å². The highest BCUT2D eigenvalue weighted by molar-refractivity contribution is 8.05. The number of thioether (sulfide) groups is 1. The summed E-state index contributed by atoms with van der Waals surface area (Å²) in [6, 6.07) is 23.8. The maximum absolute atomic E-state index is 13.5. The molecular formula is C26H19ClFN3O2S. The smallest absolute Gasteiger partial charge is 0.264 e. The van der Waals surface area contributed by atoms with Crippen molar-refractivity contribution in [3.8, 4) is 6.07 Å². The Morgan fingerprint density at radius 1 is 1.06 bits per heavy atom. The molecule has 1 aliphatic heterocycles. The predicted molar refractivity (Wildman–Crippen MR) is 131 cm³/mol. The normalized spacial score (nSPS) is 16.8. The van der Waals surface area contributed by atoms with Crippen molar-refractivity contribution in [3.05, 3.63) is 111 Å². The Morgan fingerprint density at radius 2 is 1.76 bits per heavy atom. The molecule has 5 nitrogen and oxygen atoms in total. The summed E-state index contributed by atoms with van der Waals surface area (Å²) in [6.45, 7) is 0.235. The van der Waals surface area contributed by atoms with Crippen molar-refractivity contribution in [2.75, 3.05) is 4.90 Å². The van der Waals surface area contributed by atoms with Crippen molar-refractivity contribution in [2.45, 2.75) is 18.2 Å². The number of rotatable bonds is 6. The first-order valence-electron chi connectivity index (χ1n) is 10.4. The van der Waals surface area contributed by atoms with E-state index in [-0.39, 0.29) is 23.1 Å². The van der Waals surface area contributed by atoms with Crippen LogP contribution >= 0.6 is 23.4 Å². The number of nitriles is 1. The number of nitrogens with one attached hydrogen (secondary N) is 1. The maximum atomic E-state index is 13.5. The van der Waals surface area contributed by atoms with E-state index in [9.17, 15) is 19.2 Å². The van der Waals surface area contributed by atoms with Crippen molar-refractivity contribution in [1.29, 1.82) is 5.26 Å². The molecule has 0 spiro atoms. The number of hydrogen-bond acceptors (Lipinski definition) is 4. The molecule has 170 valence electrons. The van der Waals surface area contributed by atoms with Crippen molar-refractivity contribution in [3.63, 3.8) is 0 Å². The molecule has 0 aromatic heterocycles. The summed E-state index contributed by atoms with van der Waals surface area (Å²) in [5.74, 6) is -1.34. The van der Waals surface area contributed by atoms with Crippen LogP contribution in [0.15, 0.2) is 89.5 Å². The summed E-state index contributed by atoms with van der Waals surface area (Å²) >= 11 is 7.24. The Bertz CT molecular complexity index is 1290. The van der Waals surface area contributed by atoms with Gasteiger partial charge in [-0.15, -0.1) is 0 Å². The summed E-state index contributed by atoms with van der Waals surface area (Å²) < 4.78 is 13.5. The molecule has 1 fully saturated rings. The van der Waals surface area contributed by atoms with E-state index in [0.29, 0.717) is 17.1 Å². The third-order valence-corrected chi connectivity index (χ3v) is 6.69. The molecule has 0 aliphatic carbocycles. The molecule has 3 aromatic rings. The lowest BCUT2D eigenvalue weighted by Crippen LogP contribution is -2.32. The van der Waals surface area contributed by atoms with Gasteiger partial charge in [-0.05, 0) is 53.9 Å². The van der Waals surface area contributed by atoms with Gasteiger partial charge in [0.25, 0.3) is 5.91 Å². The fourth-order valence-electron chi connectivity index (χ4n) is 3.56. The Morgan fingerprint density at radius 3 is 2.44 bits per heavy atom. The monoisotopic (exact) mass is 491 g/mol. The van der Waals surface area contributed by atoms with Gasteiger partial charge >= 0.3 is 0 Å². The third kappa shape index (κ3) is 5.30. The van der Waals surface area contributed by atoms with Gasteiger partial charge in [0.2, 0.25) is 5.91 Å². The van der Waals surface area contributed by atoms with Gasteiger partial charge in [0.05, 0.1) is 5.25 Å². The average Bonchev–Trinajstić information content (AvgIpc) is 3.15. The van der Waals surface area contributed by atoms with Gasteiger partial charge in [-0.3, -0.25) is 14.5 Å². The molecule has 4 rings (SSSR count). The molecule has 1 N–H and O–H groups in total.